The highest BCUT2D eigenvalue weighted by Gasteiger charge is 2.21. The summed E-state index contributed by atoms with van der Waals surface area (Å²) in [5, 5.41) is 3.60. The van der Waals surface area contributed by atoms with Gasteiger partial charge in [-0.3, -0.25) is 4.79 Å². The molecule has 0 atom stereocenters. The summed E-state index contributed by atoms with van der Waals surface area (Å²) >= 11 is 1.56. The maximum absolute atomic E-state index is 12.5. The summed E-state index contributed by atoms with van der Waals surface area (Å²) in [6.45, 7) is 0. The molecule has 0 saturated carbocycles. The van der Waals surface area contributed by atoms with E-state index in [0.717, 1.165) is 24.1 Å². The molecule has 0 aliphatic heterocycles. The maximum Gasteiger partial charge on any atom is 0.230 e. The van der Waals surface area contributed by atoms with Crippen molar-refractivity contribution in [3.63, 3.8) is 0 Å². The van der Waals surface area contributed by atoms with E-state index in [0.29, 0.717) is 16.6 Å². The largest absolute Gasteiger partial charge is 0.493 e. The van der Waals surface area contributed by atoms with Crippen LogP contribution < -0.4 is 14.8 Å². The second kappa shape index (κ2) is 7.40. The number of amides is 1. The van der Waals surface area contributed by atoms with Gasteiger partial charge in [0.1, 0.15) is 0 Å². The van der Waals surface area contributed by atoms with E-state index in [1.165, 1.54) is 16.0 Å². The van der Waals surface area contributed by atoms with Crippen LogP contribution >= 0.6 is 11.3 Å². The Morgan fingerprint density at radius 3 is 2.74 bits per heavy atom. The zero-order valence-corrected chi connectivity index (χ0v) is 16.1. The molecule has 0 fully saturated rings. The van der Waals surface area contributed by atoms with E-state index < -0.39 is 0 Å². The van der Waals surface area contributed by atoms with Crippen molar-refractivity contribution in [3.8, 4) is 22.8 Å². The number of ether oxygens (including phenoxy) is 2. The number of fused-ring (bicyclic) bond motifs is 3. The monoisotopic (exact) mass is 380 g/mol. The average Bonchev–Trinajstić information content (AvgIpc) is 3.10. The predicted octanol–water partition coefficient (Wildman–Crippen LogP) is 4.11. The Balaban J connectivity index is 1.49. The van der Waals surface area contributed by atoms with Crippen molar-refractivity contribution in [1.82, 2.24) is 4.98 Å². The summed E-state index contributed by atoms with van der Waals surface area (Å²) < 4.78 is 10.5. The Morgan fingerprint density at radius 1 is 1.11 bits per heavy atom. The lowest BCUT2D eigenvalue weighted by molar-refractivity contribution is -0.115. The molecule has 4 rings (SSSR count). The molecule has 0 bridgehead atoms. The molecule has 1 aliphatic carbocycles. The molecular formula is C21H20N2O3S. The van der Waals surface area contributed by atoms with E-state index in [2.05, 4.69) is 28.5 Å². The summed E-state index contributed by atoms with van der Waals surface area (Å²) in [6, 6.07) is 13.8. The van der Waals surface area contributed by atoms with Crippen LogP contribution in [0, 0.1) is 0 Å². The average molecular weight is 380 g/mol. The fraction of sp³-hybridized carbons (Fsp3) is 0.238. The molecule has 27 heavy (non-hydrogen) atoms. The molecule has 1 heterocycles. The standard InChI is InChI=1S/C21H20N2O3S/c1-25-16-9-7-13(11-17(16)26-2)12-19(24)22-21-23-20-15-6-4-3-5-14(15)8-10-18(20)27-21/h3-7,9,11H,8,10,12H2,1-2H3,(H,22,23,24). The van der Waals surface area contributed by atoms with E-state index >= 15 is 0 Å². The second-order valence-electron chi connectivity index (χ2n) is 6.36. The Hall–Kier alpha value is -2.86. The highest BCUT2D eigenvalue weighted by Crippen LogP contribution is 2.38. The van der Waals surface area contributed by atoms with Gasteiger partial charge in [-0.2, -0.15) is 0 Å². The van der Waals surface area contributed by atoms with Gasteiger partial charge in [0.05, 0.1) is 26.3 Å². The lowest BCUT2D eigenvalue weighted by Crippen LogP contribution is -2.14. The number of aryl methyl sites for hydroxylation is 2. The first-order valence-corrected chi connectivity index (χ1v) is 9.58. The zero-order valence-electron chi connectivity index (χ0n) is 15.2. The highest BCUT2D eigenvalue weighted by atomic mass is 32.1. The van der Waals surface area contributed by atoms with Crippen LogP contribution in [0.2, 0.25) is 0 Å². The van der Waals surface area contributed by atoms with Crippen LogP contribution in [0.1, 0.15) is 16.0 Å². The first kappa shape index (κ1) is 17.5. The summed E-state index contributed by atoms with van der Waals surface area (Å²) in [5.41, 5.74) is 4.36. The number of hydrogen-bond acceptors (Lipinski definition) is 5. The minimum atomic E-state index is -0.0957. The molecule has 2 aromatic carbocycles. The summed E-state index contributed by atoms with van der Waals surface area (Å²) in [6.07, 6.45) is 2.24. The minimum absolute atomic E-state index is 0.0957. The van der Waals surface area contributed by atoms with Gasteiger partial charge in [-0.15, -0.1) is 11.3 Å². The lowest BCUT2D eigenvalue weighted by Gasteiger charge is -2.13. The van der Waals surface area contributed by atoms with Gasteiger partial charge in [-0.1, -0.05) is 30.3 Å². The van der Waals surface area contributed by atoms with E-state index in [1.54, 1.807) is 31.6 Å². The highest BCUT2D eigenvalue weighted by molar-refractivity contribution is 7.16. The smallest absolute Gasteiger partial charge is 0.230 e. The van der Waals surface area contributed by atoms with Crippen LogP contribution in [0.3, 0.4) is 0 Å². The molecule has 5 nitrogen and oxygen atoms in total. The molecule has 138 valence electrons. The van der Waals surface area contributed by atoms with Crippen molar-refractivity contribution in [2.24, 2.45) is 0 Å². The van der Waals surface area contributed by atoms with Crippen molar-refractivity contribution in [1.29, 1.82) is 0 Å². The van der Waals surface area contributed by atoms with Crippen molar-refractivity contribution in [2.75, 3.05) is 19.5 Å². The minimum Gasteiger partial charge on any atom is -0.493 e. The van der Waals surface area contributed by atoms with Crippen molar-refractivity contribution in [2.45, 2.75) is 19.3 Å². The number of nitrogens with one attached hydrogen (secondary N) is 1. The van der Waals surface area contributed by atoms with Crippen molar-refractivity contribution in [3.05, 3.63) is 58.5 Å². The number of aromatic nitrogens is 1. The fourth-order valence-electron chi connectivity index (χ4n) is 3.34. The number of rotatable bonds is 5. The Kier molecular flexibility index (Phi) is 4.81. The number of carbonyl (C=O) groups excluding carboxylic acids is 1. The van der Waals surface area contributed by atoms with Crippen LogP contribution in [0.25, 0.3) is 11.3 Å². The van der Waals surface area contributed by atoms with Gasteiger partial charge in [0.2, 0.25) is 5.91 Å². The zero-order chi connectivity index (χ0) is 18.8. The summed E-state index contributed by atoms with van der Waals surface area (Å²) in [4.78, 5) is 18.4. The quantitative estimate of drug-likeness (QED) is 0.724. The lowest BCUT2D eigenvalue weighted by atomic mass is 9.94. The van der Waals surface area contributed by atoms with Gasteiger partial charge < -0.3 is 14.8 Å². The van der Waals surface area contributed by atoms with Gasteiger partial charge >= 0.3 is 0 Å². The Labute approximate surface area is 162 Å². The summed E-state index contributed by atoms with van der Waals surface area (Å²) in [7, 11) is 3.17. The fourth-order valence-corrected chi connectivity index (χ4v) is 4.33. The van der Waals surface area contributed by atoms with Crippen LogP contribution in [-0.4, -0.2) is 25.1 Å². The van der Waals surface area contributed by atoms with E-state index in [1.807, 2.05) is 18.2 Å². The molecule has 1 N–H and O–H groups in total. The molecular weight excluding hydrogens is 360 g/mol. The summed E-state index contributed by atoms with van der Waals surface area (Å²) in [5.74, 6) is 1.17. The number of hydrogen-bond donors (Lipinski definition) is 1. The molecule has 0 radical (unpaired) electrons. The molecule has 0 saturated heterocycles. The van der Waals surface area contributed by atoms with Gasteiger partial charge in [0.15, 0.2) is 16.6 Å². The SMILES string of the molecule is COc1ccc(CC(=O)Nc2nc3c(s2)CCc2ccccc2-3)cc1OC. The molecule has 0 spiro atoms. The normalized spacial score (nSPS) is 12.1. The molecule has 3 aromatic rings. The molecule has 6 heteroatoms. The van der Waals surface area contributed by atoms with E-state index in [-0.39, 0.29) is 12.3 Å². The number of benzene rings is 2. The number of methoxy groups -OCH3 is 2. The van der Waals surface area contributed by atoms with Crippen molar-refractivity contribution < 1.29 is 14.3 Å². The number of anilines is 1. The van der Waals surface area contributed by atoms with E-state index in [4.69, 9.17) is 9.47 Å². The van der Waals surface area contributed by atoms with Gasteiger partial charge in [-0.05, 0) is 36.1 Å². The van der Waals surface area contributed by atoms with Crippen LogP contribution in [0.15, 0.2) is 42.5 Å². The van der Waals surface area contributed by atoms with Crippen LogP contribution in [0.5, 0.6) is 11.5 Å². The van der Waals surface area contributed by atoms with Gasteiger partial charge in [-0.25, -0.2) is 4.98 Å². The van der Waals surface area contributed by atoms with Crippen LogP contribution in [0.4, 0.5) is 5.13 Å². The number of nitrogens with zero attached hydrogens (tertiary/aromatic N) is 1. The number of carbonyl (C=O) groups is 1. The first-order valence-electron chi connectivity index (χ1n) is 8.76. The third-order valence-electron chi connectivity index (χ3n) is 4.65. The third-order valence-corrected chi connectivity index (χ3v) is 5.68. The molecule has 1 amide bonds. The van der Waals surface area contributed by atoms with Crippen LogP contribution in [-0.2, 0) is 24.1 Å². The predicted molar refractivity (Wildman–Crippen MR) is 107 cm³/mol. The third kappa shape index (κ3) is 3.53. The molecule has 1 aromatic heterocycles. The molecule has 1 aliphatic rings. The van der Waals surface area contributed by atoms with E-state index in [9.17, 15) is 4.79 Å². The Bertz CT molecular complexity index is 997. The van der Waals surface area contributed by atoms with Crippen molar-refractivity contribution >= 4 is 22.4 Å². The first-order chi connectivity index (χ1) is 13.2. The maximum atomic E-state index is 12.5. The number of thiazole rings is 1. The topological polar surface area (TPSA) is 60.5 Å². The van der Waals surface area contributed by atoms with Gasteiger partial charge in [0, 0.05) is 10.4 Å². The Morgan fingerprint density at radius 2 is 1.93 bits per heavy atom. The second-order valence-corrected chi connectivity index (χ2v) is 7.45. The molecule has 0 unspecified atom stereocenters. The van der Waals surface area contributed by atoms with Gasteiger partial charge in [0.25, 0.3) is 0 Å².